The molecule has 1 aliphatic carbocycles. The molecule has 0 saturated heterocycles. The van der Waals surface area contributed by atoms with Crippen LogP contribution in [0.2, 0.25) is 0 Å². The van der Waals surface area contributed by atoms with E-state index in [4.69, 9.17) is 0 Å². The molecule has 1 saturated carbocycles. The van der Waals surface area contributed by atoms with E-state index >= 15 is 0 Å². The van der Waals surface area contributed by atoms with Crippen molar-refractivity contribution in [1.29, 1.82) is 0 Å². The molecule has 0 amide bonds. The molecule has 3 unspecified atom stereocenters. The first-order chi connectivity index (χ1) is 5.41. The molecule has 12 heavy (non-hydrogen) atoms. The summed E-state index contributed by atoms with van der Waals surface area (Å²) in [4.78, 5) is 0. The number of alkyl halides is 4. The minimum atomic E-state index is -4.20. The van der Waals surface area contributed by atoms with E-state index in [-0.39, 0.29) is 18.8 Å². The molecular weight excluding hydrogens is 172 g/mol. The fourth-order valence-electron chi connectivity index (χ4n) is 1.56. The van der Waals surface area contributed by atoms with E-state index in [1.54, 1.807) is 6.92 Å². The van der Waals surface area contributed by atoms with Crippen LogP contribution in [0, 0.1) is 11.8 Å². The van der Waals surface area contributed by atoms with Crippen LogP contribution in [0.1, 0.15) is 26.2 Å². The lowest BCUT2D eigenvalue weighted by atomic mass is 9.81. The third-order valence-corrected chi connectivity index (χ3v) is 2.56. The molecule has 1 aliphatic rings. The van der Waals surface area contributed by atoms with Crippen molar-refractivity contribution in [2.24, 2.45) is 11.8 Å². The second-order valence-corrected chi connectivity index (χ2v) is 3.54. The summed E-state index contributed by atoms with van der Waals surface area (Å²) in [7, 11) is 0. The molecule has 1 fully saturated rings. The highest BCUT2D eigenvalue weighted by atomic mass is 19.4. The Bertz CT molecular complexity index is 152. The minimum absolute atomic E-state index is 0.0884. The van der Waals surface area contributed by atoms with Crippen molar-refractivity contribution in [2.75, 3.05) is 0 Å². The van der Waals surface area contributed by atoms with Gasteiger partial charge in [0.2, 0.25) is 0 Å². The van der Waals surface area contributed by atoms with E-state index in [1.165, 1.54) is 0 Å². The van der Waals surface area contributed by atoms with Crippen LogP contribution in [0.15, 0.2) is 0 Å². The van der Waals surface area contributed by atoms with E-state index < -0.39 is 18.3 Å². The normalized spacial score (nSPS) is 38.2. The number of rotatable bonds is 0. The molecule has 0 radical (unpaired) electrons. The van der Waals surface area contributed by atoms with Gasteiger partial charge in [0.15, 0.2) is 0 Å². The lowest BCUT2D eigenvalue weighted by Crippen LogP contribution is -2.33. The number of hydrogen-bond acceptors (Lipinski definition) is 0. The molecule has 0 heterocycles. The zero-order valence-corrected chi connectivity index (χ0v) is 6.87. The predicted octanol–water partition coefficient (Wildman–Crippen LogP) is 3.32. The van der Waals surface area contributed by atoms with E-state index in [0.29, 0.717) is 6.42 Å². The molecule has 0 aromatic heterocycles. The average Bonchev–Trinajstić information content (AvgIpc) is 1.92. The minimum Gasteiger partial charge on any atom is -0.247 e. The molecule has 1 rings (SSSR count). The highest BCUT2D eigenvalue weighted by Gasteiger charge is 2.43. The lowest BCUT2D eigenvalue weighted by Gasteiger charge is -2.30. The van der Waals surface area contributed by atoms with Crippen LogP contribution >= 0.6 is 0 Å². The Morgan fingerprint density at radius 2 is 1.75 bits per heavy atom. The molecule has 0 spiro atoms. The molecule has 72 valence electrons. The van der Waals surface area contributed by atoms with Gasteiger partial charge in [0.25, 0.3) is 0 Å². The summed E-state index contributed by atoms with van der Waals surface area (Å²) < 4.78 is 49.1. The van der Waals surface area contributed by atoms with Gasteiger partial charge in [-0.05, 0) is 25.2 Å². The summed E-state index contributed by atoms with van der Waals surface area (Å²) in [5, 5.41) is 0. The lowest BCUT2D eigenvalue weighted by molar-refractivity contribution is -0.189. The van der Waals surface area contributed by atoms with E-state index in [1.807, 2.05) is 0 Å². The first kappa shape index (κ1) is 9.81. The Kier molecular flexibility index (Phi) is 2.64. The molecule has 0 aromatic carbocycles. The summed E-state index contributed by atoms with van der Waals surface area (Å²) >= 11 is 0. The Hall–Kier alpha value is -0.280. The predicted molar refractivity (Wildman–Crippen MR) is 37.5 cm³/mol. The zero-order chi connectivity index (χ0) is 9.35. The topological polar surface area (TPSA) is 0 Å². The van der Waals surface area contributed by atoms with Gasteiger partial charge in [-0.1, -0.05) is 6.92 Å². The zero-order valence-electron chi connectivity index (χ0n) is 6.87. The summed E-state index contributed by atoms with van der Waals surface area (Å²) in [6, 6.07) is 0. The summed E-state index contributed by atoms with van der Waals surface area (Å²) in [6.07, 6.45) is -5.38. The molecular formula is C8H12F4. The maximum Gasteiger partial charge on any atom is 0.391 e. The summed E-state index contributed by atoms with van der Waals surface area (Å²) in [5.74, 6) is -1.62. The molecule has 4 heteroatoms. The molecule has 0 bridgehead atoms. The number of halogens is 4. The van der Waals surface area contributed by atoms with Gasteiger partial charge in [-0.3, -0.25) is 0 Å². The van der Waals surface area contributed by atoms with Crippen molar-refractivity contribution in [1.82, 2.24) is 0 Å². The Morgan fingerprint density at radius 1 is 1.17 bits per heavy atom. The Labute approximate surface area is 69.0 Å². The molecule has 3 atom stereocenters. The van der Waals surface area contributed by atoms with Gasteiger partial charge in [0.05, 0.1) is 5.92 Å². The quantitative estimate of drug-likeness (QED) is 0.506. The van der Waals surface area contributed by atoms with Crippen LogP contribution in [-0.2, 0) is 0 Å². The van der Waals surface area contributed by atoms with Crippen LogP contribution in [0.3, 0.4) is 0 Å². The van der Waals surface area contributed by atoms with Crippen LogP contribution < -0.4 is 0 Å². The van der Waals surface area contributed by atoms with Crippen molar-refractivity contribution in [3.8, 4) is 0 Å². The maximum atomic E-state index is 12.9. The van der Waals surface area contributed by atoms with Gasteiger partial charge < -0.3 is 0 Å². The van der Waals surface area contributed by atoms with Crippen LogP contribution in [0.25, 0.3) is 0 Å². The highest BCUT2D eigenvalue weighted by Crippen LogP contribution is 2.40. The maximum absolute atomic E-state index is 12.9. The van der Waals surface area contributed by atoms with Gasteiger partial charge in [0, 0.05) is 0 Å². The van der Waals surface area contributed by atoms with Gasteiger partial charge >= 0.3 is 6.18 Å². The third-order valence-electron chi connectivity index (χ3n) is 2.56. The van der Waals surface area contributed by atoms with E-state index in [9.17, 15) is 17.6 Å². The molecule has 0 aliphatic heterocycles. The van der Waals surface area contributed by atoms with Gasteiger partial charge in [0.1, 0.15) is 6.17 Å². The second kappa shape index (κ2) is 3.23. The number of hydrogen-bond donors (Lipinski definition) is 0. The fraction of sp³-hybridized carbons (Fsp3) is 1.00. The average molecular weight is 184 g/mol. The van der Waals surface area contributed by atoms with E-state index in [0.717, 1.165) is 0 Å². The monoisotopic (exact) mass is 184 g/mol. The van der Waals surface area contributed by atoms with Gasteiger partial charge in [-0.25, -0.2) is 4.39 Å². The fourth-order valence-corrected chi connectivity index (χ4v) is 1.56. The highest BCUT2D eigenvalue weighted by molar-refractivity contribution is 4.81. The molecule has 0 aromatic rings. The Morgan fingerprint density at radius 3 is 2.17 bits per heavy atom. The summed E-state index contributed by atoms with van der Waals surface area (Å²) in [6.45, 7) is 1.66. The molecule has 0 nitrogen and oxygen atoms in total. The first-order valence-corrected chi connectivity index (χ1v) is 4.12. The second-order valence-electron chi connectivity index (χ2n) is 3.54. The van der Waals surface area contributed by atoms with Gasteiger partial charge in [-0.2, -0.15) is 13.2 Å². The van der Waals surface area contributed by atoms with Crippen molar-refractivity contribution in [3.63, 3.8) is 0 Å². The molecule has 0 N–H and O–H groups in total. The largest absolute Gasteiger partial charge is 0.391 e. The van der Waals surface area contributed by atoms with Crippen molar-refractivity contribution >= 4 is 0 Å². The van der Waals surface area contributed by atoms with Crippen molar-refractivity contribution in [3.05, 3.63) is 0 Å². The van der Waals surface area contributed by atoms with Gasteiger partial charge in [-0.15, -0.1) is 0 Å². The standard InChI is InChI=1S/C8H12F4/c1-5-2-3-6(4-7(5)9)8(10,11)12/h5-7H,2-4H2,1H3. The Balaban J connectivity index is 2.51. The SMILES string of the molecule is CC1CCC(C(F)(F)F)CC1F. The smallest absolute Gasteiger partial charge is 0.247 e. The van der Waals surface area contributed by atoms with Crippen LogP contribution in [0.5, 0.6) is 0 Å². The van der Waals surface area contributed by atoms with Crippen molar-refractivity contribution in [2.45, 2.75) is 38.5 Å². The van der Waals surface area contributed by atoms with E-state index in [2.05, 4.69) is 0 Å². The first-order valence-electron chi connectivity index (χ1n) is 4.12. The summed E-state index contributed by atoms with van der Waals surface area (Å²) in [5.41, 5.74) is 0. The van der Waals surface area contributed by atoms with Crippen molar-refractivity contribution < 1.29 is 17.6 Å². The van der Waals surface area contributed by atoms with Crippen LogP contribution in [0.4, 0.5) is 17.6 Å². The van der Waals surface area contributed by atoms with Crippen LogP contribution in [-0.4, -0.2) is 12.3 Å². The third kappa shape index (κ3) is 2.11.